The first-order valence-electron chi connectivity index (χ1n) is 5.69. The van der Waals surface area contributed by atoms with Gasteiger partial charge in [-0.2, -0.15) is 0 Å². The van der Waals surface area contributed by atoms with Crippen LogP contribution in [0.25, 0.3) is 0 Å². The fraction of sp³-hybridized carbons (Fsp3) is 0.692. The minimum absolute atomic E-state index is 0.0903. The van der Waals surface area contributed by atoms with Gasteiger partial charge in [-0.05, 0) is 32.1 Å². The summed E-state index contributed by atoms with van der Waals surface area (Å²) in [6.07, 6.45) is 2.98. The van der Waals surface area contributed by atoms with E-state index >= 15 is 0 Å². The second-order valence-corrected chi connectivity index (χ2v) is 6.06. The Bertz CT molecular complexity index is 360. The van der Waals surface area contributed by atoms with Crippen LogP contribution in [0, 0.1) is 17.3 Å². The fourth-order valence-corrected chi connectivity index (χ4v) is 2.03. The lowest BCUT2D eigenvalue weighted by atomic mass is 10.1. The maximum Gasteiger partial charge on any atom is 0.330 e. The number of rotatable bonds is 3. The van der Waals surface area contributed by atoms with Crippen LogP contribution in [-0.4, -0.2) is 22.6 Å². The number of carboxylic acids is 1. The van der Waals surface area contributed by atoms with E-state index in [9.17, 15) is 9.59 Å². The summed E-state index contributed by atoms with van der Waals surface area (Å²) in [4.78, 5) is 22.3. The molecule has 4 heteroatoms. The molecule has 17 heavy (non-hydrogen) atoms. The lowest BCUT2D eigenvalue weighted by Gasteiger charge is -2.17. The Morgan fingerprint density at radius 2 is 1.82 bits per heavy atom. The van der Waals surface area contributed by atoms with Gasteiger partial charge >= 0.3 is 11.9 Å². The number of aliphatic carboxylic acids is 1. The number of carboxylic acid groups (broad SMARTS) is 1. The summed E-state index contributed by atoms with van der Waals surface area (Å²) < 4.78 is 5.11. The second-order valence-electron chi connectivity index (χ2n) is 6.06. The summed E-state index contributed by atoms with van der Waals surface area (Å²) in [7, 11) is 0. The first-order valence-corrected chi connectivity index (χ1v) is 5.69. The van der Waals surface area contributed by atoms with Crippen molar-refractivity contribution in [3.05, 3.63) is 12.2 Å². The molecule has 0 amide bonds. The van der Waals surface area contributed by atoms with Crippen LogP contribution in [0.4, 0.5) is 0 Å². The van der Waals surface area contributed by atoms with Crippen LogP contribution in [0.5, 0.6) is 0 Å². The number of hydrogen-bond acceptors (Lipinski definition) is 3. The summed E-state index contributed by atoms with van der Waals surface area (Å²) in [5.74, 6) is -1.73. The summed E-state index contributed by atoms with van der Waals surface area (Å²) in [5, 5.41) is 8.96. The quantitative estimate of drug-likeness (QED) is 0.607. The number of esters is 1. The molecular weight excluding hydrogens is 220 g/mol. The van der Waals surface area contributed by atoms with E-state index in [1.54, 1.807) is 26.8 Å². The third kappa shape index (κ3) is 3.32. The third-order valence-corrected chi connectivity index (χ3v) is 3.02. The predicted molar refractivity (Wildman–Crippen MR) is 63.4 cm³/mol. The average Bonchev–Trinajstić information content (AvgIpc) is 2.61. The standard InChI is InChI=1S/C13H20O4/c1-12(2,3)17-9(14)7-6-8-10(11(15)16)13(8,4)5/h6-8,10H,1-5H3,(H,15,16)/b7-6-/t8?,10-/m0/s1. The molecule has 1 N–H and O–H groups in total. The van der Waals surface area contributed by atoms with E-state index < -0.39 is 23.5 Å². The first kappa shape index (κ1) is 13.7. The normalized spacial score (nSPS) is 26.9. The highest BCUT2D eigenvalue weighted by atomic mass is 16.6. The van der Waals surface area contributed by atoms with E-state index in [0.29, 0.717) is 0 Å². The van der Waals surface area contributed by atoms with Gasteiger partial charge in [-0.1, -0.05) is 19.9 Å². The molecule has 0 saturated heterocycles. The largest absolute Gasteiger partial charge is 0.481 e. The van der Waals surface area contributed by atoms with Crippen LogP contribution in [0.3, 0.4) is 0 Å². The summed E-state index contributed by atoms with van der Waals surface area (Å²) in [6, 6.07) is 0. The van der Waals surface area contributed by atoms with E-state index in [1.165, 1.54) is 6.08 Å². The molecule has 2 atom stereocenters. The second kappa shape index (κ2) is 4.17. The van der Waals surface area contributed by atoms with Gasteiger partial charge < -0.3 is 9.84 Å². The molecule has 0 aromatic rings. The molecule has 1 aliphatic rings. The third-order valence-electron chi connectivity index (χ3n) is 3.02. The highest BCUT2D eigenvalue weighted by molar-refractivity contribution is 5.83. The van der Waals surface area contributed by atoms with Gasteiger partial charge in [-0.25, -0.2) is 4.79 Å². The van der Waals surface area contributed by atoms with Gasteiger partial charge in [0, 0.05) is 6.08 Å². The Kier molecular flexibility index (Phi) is 3.37. The van der Waals surface area contributed by atoms with Crippen LogP contribution in [0.2, 0.25) is 0 Å². The zero-order valence-electron chi connectivity index (χ0n) is 11.0. The predicted octanol–water partition coefficient (Wildman–Crippen LogP) is 2.24. The van der Waals surface area contributed by atoms with Gasteiger partial charge in [0.25, 0.3) is 0 Å². The lowest BCUT2D eigenvalue weighted by Crippen LogP contribution is -2.22. The average molecular weight is 240 g/mol. The van der Waals surface area contributed by atoms with Crippen LogP contribution in [0.15, 0.2) is 12.2 Å². The Balaban J connectivity index is 2.57. The Morgan fingerprint density at radius 1 is 1.29 bits per heavy atom. The van der Waals surface area contributed by atoms with E-state index in [1.807, 2.05) is 13.8 Å². The molecule has 0 bridgehead atoms. The van der Waals surface area contributed by atoms with Crippen molar-refractivity contribution in [1.29, 1.82) is 0 Å². The van der Waals surface area contributed by atoms with Crippen molar-refractivity contribution in [2.45, 2.75) is 40.2 Å². The van der Waals surface area contributed by atoms with Crippen molar-refractivity contribution < 1.29 is 19.4 Å². The summed E-state index contributed by atoms with van der Waals surface area (Å²) in [5.41, 5.74) is -0.795. The number of carbonyl (C=O) groups is 2. The zero-order valence-corrected chi connectivity index (χ0v) is 11.0. The molecular formula is C13H20O4. The number of allylic oxidation sites excluding steroid dienone is 1. The van der Waals surface area contributed by atoms with Crippen molar-refractivity contribution in [3.8, 4) is 0 Å². The SMILES string of the molecule is CC(C)(C)OC(=O)/C=C\C1[C@@H](C(=O)O)C1(C)C. The van der Waals surface area contributed by atoms with Crippen LogP contribution < -0.4 is 0 Å². The summed E-state index contributed by atoms with van der Waals surface area (Å²) >= 11 is 0. The van der Waals surface area contributed by atoms with Crippen molar-refractivity contribution in [2.75, 3.05) is 0 Å². The summed E-state index contributed by atoms with van der Waals surface area (Å²) in [6.45, 7) is 9.14. The van der Waals surface area contributed by atoms with Gasteiger partial charge in [0.15, 0.2) is 0 Å². The van der Waals surface area contributed by atoms with Gasteiger partial charge in [0.2, 0.25) is 0 Å². The zero-order chi connectivity index (χ0) is 13.4. The Labute approximate surface area is 102 Å². The molecule has 0 heterocycles. The minimum Gasteiger partial charge on any atom is -0.481 e. The van der Waals surface area contributed by atoms with Crippen molar-refractivity contribution in [2.24, 2.45) is 17.3 Å². The molecule has 0 aromatic heterocycles. The highest BCUT2D eigenvalue weighted by Crippen LogP contribution is 2.59. The monoisotopic (exact) mass is 240 g/mol. The van der Waals surface area contributed by atoms with Gasteiger partial charge in [-0.3, -0.25) is 4.79 Å². The number of ether oxygens (including phenoxy) is 1. The van der Waals surface area contributed by atoms with Crippen molar-refractivity contribution in [3.63, 3.8) is 0 Å². The van der Waals surface area contributed by atoms with Gasteiger partial charge in [0.05, 0.1) is 5.92 Å². The van der Waals surface area contributed by atoms with Crippen LogP contribution >= 0.6 is 0 Å². The lowest BCUT2D eigenvalue weighted by molar-refractivity contribution is -0.148. The van der Waals surface area contributed by atoms with Crippen LogP contribution in [0.1, 0.15) is 34.6 Å². The van der Waals surface area contributed by atoms with Crippen LogP contribution in [-0.2, 0) is 14.3 Å². The maximum absolute atomic E-state index is 11.4. The van der Waals surface area contributed by atoms with Gasteiger partial charge in [0.1, 0.15) is 5.60 Å². The minimum atomic E-state index is -0.811. The topological polar surface area (TPSA) is 63.6 Å². The molecule has 1 aliphatic carbocycles. The van der Waals surface area contributed by atoms with Gasteiger partial charge in [-0.15, -0.1) is 0 Å². The maximum atomic E-state index is 11.4. The number of carbonyl (C=O) groups excluding carboxylic acids is 1. The molecule has 0 radical (unpaired) electrons. The smallest absolute Gasteiger partial charge is 0.330 e. The number of hydrogen-bond donors (Lipinski definition) is 1. The van der Waals surface area contributed by atoms with E-state index in [4.69, 9.17) is 9.84 Å². The van der Waals surface area contributed by atoms with E-state index in [2.05, 4.69) is 0 Å². The fourth-order valence-electron chi connectivity index (χ4n) is 2.03. The Morgan fingerprint density at radius 3 is 2.18 bits per heavy atom. The Hall–Kier alpha value is -1.32. The molecule has 1 saturated carbocycles. The van der Waals surface area contributed by atoms with E-state index in [0.717, 1.165) is 0 Å². The molecule has 0 aromatic carbocycles. The molecule has 1 unspecified atom stereocenters. The molecule has 0 aliphatic heterocycles. The van der Waals surface area contributed by atoms with Crippen molar-refractivity contribution >= 4 is 11.9 Å². The molecule has 0 spiro atoms. The molecule has 1 rings (SSSR count). The first-order chi connectivity index (χ1) is 7.55. The molecule has 1 fully saturated rings. The van der Waals surface area contributed by atoms with Crippen molar-refractivity contribution in [1.82, 2.24) is 0 Å². The molecule has 96 valence electrons. The molecule has 4 nitrogen and oxygen atoms in total. The van der Waals surface area contributed by atoms with E-state index in [-0.39, 0.29) is 11.3 Å². The highest BCUT2D eigenvalue weighted by Gasteiger charge is 2.60.